The molecule has 0 saturated carbocycles. The largest absolute Gasteiger partial charge is 2.00 e. The van der Waals surface area contributed by atoms with Crippen LogP contribution in [-0.4, -0.2) is 38.0 Å². The van der Waals surface area contributed by atoms with Crippen LogP contribution >= 0.6 is 0 Å². The van der Waals surface area contributed by atoms with Gasteiger partial charge in [-0.25, -0.2) is 0 Å². The zero-order chi connectivity index (χ0) is 30.0. The van der Waals surface area contributed by atoms with Crippen molar-refractivity contribution in [3.8, 4) is 0 Å². The normalized spacial score (nSPS) is 9.63. The first-order chi connectivity index (χ1) is 19.4. The average Bonchev–Trinajstić information content (AvgIpc) is 2.93. The Kier molecular flexibility index (Phi) is 18.9. The van der Waals surface area contributed by atoms with E-state index in [4.69, 9.17) is 0 Å². The maximum atomic E-state index is 4.60. The van der Waals surface area contributed by atoms with Gasteiger partial charge in [-0.1, -0.05) is 36.4 Å². The molecule has 6 aromatic rings. The van der Waals surface area contributed by atoms with Crippen molar-refractivity contribution >= 4 is 55.8 Å². The summed E-state index contributed by atoms with van der Waals surface area (Å²) in [6.07, 6.45) is 1.94. The molecule has 3 nitrogen and oxygen atoms in total. The fourth-order valence-corrected chi connectivity index (χ4v) is 5.12. The van der Waals surface area contributed by atoms with E-state index in [1.54, 1.807) is 0 Å². The van der Waals surface area contributed by atoms with Crippen molar-refractivity contribution < 1.29 is 18.9 Å². The van der Waals surface area contributed by atoms with Gasteiger partial charge in [0.1, 0.15) is 0 Å². The number of aromatic nitrogens is 3. The van der Waals surface area contributed by atoms with Crippen molar-refractivity contribution in [3.63, 3.8) is 0 Å². The van der Waals surface area contributed by atoms with Crippen LogP contribution in [0.2, 0.25) is 0 Å². The van der Waals surface area contributed by atoms with Crippen molar-refractivity contribution in [3.05, 3.63) is 145 Å². The van der Waals surface area contributed by atoms with Crippen LogP contribution in [0.25, 0.3) is 32.7 Å². The van der Waals surface area contributed by atoms with Crippen LogP contribution in [0.3, 0.4) is 0 Å². The van der Waals surface area contributed by atoms with Gasteiger partial charge in [-0.2, -0.15) is 0 Å². The minimum atomic E-state index is 0. The van der Waals surface area contributed by atoms with Crippen LogP contribution in [0.5, 0.6) is 0 Å². The Morgan fingerprint density at radius 1 is 0.413 bits per heavy atom. The number of rotatable bonds is 0. The summed E-state index contributed by atoms with van der Waals surface area (Å²) in [6, 6.07) is 19.3. The van der Waals surface area contributed by atoms with E-state index < -0.39 is 0 Å². The Balaban J connectivity index is 0. The second-order valence-corrected chi connectivity index (χ2v) is 11.5. The van der Waals surface area contributed by atoms with E-state index in [1.165, 1.54) is 66.2 Å². The Morgan fingerprint density at radius 3 is 1.11 bits per heavy atom. The molecule has 0 fully saturated rings. The van der Waals surface area contributed by atoms with E-state index in [-0.39, 0.29) is 64.2 Å². The quantitative estimate of drug-likeness (QED) is 0.128. The van der Waals surface area contributed by atoms with Gasteiger partial charge in [0.05, 0.1) is 16.6 Å². The molecule has 46 heavy (non-hydrogen) atoms. The van der Waals surface area contributed by atoms with E-state index in [0.29, 0.717) is 0 Å². The van der Waals surface area contributed by atoms with Gasteiger partial charge in [-0.15, -0.1) is 0 Å². The average molecular weight is 618 g/mol. The van der Waals surface area contributed by atoms with Crippen molar-refractivity contribution in [1.29, 1.82) is 0 Å². The van der Waals surface area contributed by atoms with Crippen molar-refractivity contribution in [1.82, 2.24) is 15.0 Å². The molecule has 0 atom stereocenters. The van der Waals surface area contributed by atoms with E-state index in [9.17, 15) is 0 Å². The molecule has 5 heteroatoms. The maximum Gasteiger partial charge on any atom is 2.00 e. The number of benzene rings is 3. The summed E-state index contributed by atoms with van der Waals surface area (Å²) in [5.41, 5.74) is 17.3. The molecule has 0 bridgehead atoms. The van der Waals surface area contributed by atoms with Crippen molar-refractivity contribution in [2.45, 2.75) is 76.2 Å². The number of nitrogens with zero attached hydrogens (tertiary/aromatic N) is 3. The number of aryl methyl sites for hydroxylation is 9. The van der Waals surface area contributed by atoms with Gasteiger partial charge in [0.25, 0.3) is 0 Å². The Labute approximate surface area is 308 Å². The zero-order valence-electron chi connectivity index (χ0n) is 31.3. The second kappa shape index (κ2) is 19.2. The maximum absolute atomic E-state index is 4.60. The molecule has 0 aliphatic rings. The Morgan fingerprint density at radius 2 is 0.739 bits per heavy atom. The molecule has 0 amide bonds. The molecule has 0 aliphatic heterocycles. The molecule has 0 N–H and O–H groups in total. The van der Waals surface area contributed by atoms with Crippen LogP contribution in [0, 0.1) is 98.4 Å². The first kappa shape index (κ1) is 45.4. The summed E-state index contributed by atoms with van der Waals surface area (Å²) in [6.45, 7) is 23.3. The monoisotopic (exact) mass is 617 g/mol. The first-order valence-electron chi connectivity index (χ1n) is 14.4. The summed E-state index contributed by atoms with van der Waals surface area (Å²) < 4.78 is 0. The second-order valence-electron chi connectivity index (χ2n) is 11.5. The summed E-state index contributed by atoms with van der Waals surface area (Å²) in [5, 5.41) is 3.82. The minimum absolute atomic E-state index is 0. The van der Waals surface area contributed by atoms with Gasteiger partial charge in [0.15, 0.2) is 0 Å². The number of hydrogen-bond acceptors (Lipinski definition) is 3. The van der Waals surface area contributed by atoms with E-state index in [2.05, 4.69) is 146 Å². The van der Waals surface area contributed by atoms with Gasteiger partial charge in [-0.3, -0.25) is 15.0 Å². The molecule has 3 aromatic heterocycles. The first-order valence-corrected chi connectivity index (χ1v) is 14.4. The topological polar surface area (TPSA) is 38.7 Å². The third kappa shape index (κ3) is 10.1. The summed E-state index contributed by atoms with van der Waals surface area (Å²) in [7, 11) is 0. The molecular formula is C41H52LiMgN3. The van der Waals surface area contributed by atoms with E-state index in [1.807, 2.05) is 6.20 Å². The number of fused-ring (bicyclic) bond motifs is 3. The molecule has 0 aliphatic carbocycles. The molecule has 0 spiro atoms. The van der Waals surface area contributed by atoms with Gasteiger partial charge in [0.2, 0.25) is 0 Å². The van der Waals surface area contributed by atoms with Crippen molar-refractivity contribution in [2.24, 2.45) is 0 Å². The number of pyridine rings is 3. The zero-order valence-corrected chi connectivity index (χ0v) is 32.7. The van der Waals surface area contributed by atoms with Crippen LogP contribution in [0.1, 0.15) is 61.5 Å². The third-order valence-electron chi connectivity index (χ3n) is 8.45. The summed E-state index contributed by atoms with van der Waals surface area (Å²) in [5.74, 6) is 0. The summed E-state index contributed by atoms with van der Waals surface area (Å²) in [4.78, 5) is 13.6. The van der Waals surface area contributed by atoms with E-state index in [0.717, 1.165) is 27.9 Å². The SMILES string of the molecule is Cc1ccc2c(C)c(C)c(C)nc2c1.Cc1ccc2c(C)c(C)c(C)nc2c1.Cc1ccc2c(C)c(C)cnc2c1.[CH3-].[CH3-].[CH3-].[Li+].[Mg+2]. The molecule has 6 rings (SSSR count). The molecule has 3 heterocycles. The van der Waals surface area contributed by atoms with Crippen LogP contribution in [-0.2, 0) is 0 Å². The van der Waals surface area contributed by atoms with Gasteiger partial charge in [0, 0.05) is 33.7 Å². The van der Waals surface area contributed by atoms with Crippen LogP contribution in [0.4, 0.5) is 0 Å². The molecule has 234 valence electrons. The van der Waals surface area contributed by atoms with Gasteiger partial charge >= 0.3 is 41.9 Å². The molecule has 0 saturated heterocycles. The fourth-order valence-electron chi connectivity index (χ4n) is 5.12. The van der Waals surface area contributed by atoms with Gasteiger partial charge < -0.3 is 22.3 Å². The van der Waals surface area contributed by atoms with Crippen molar-refractivity contribution in [2.75, 3.05) is 0 Å². The molecular weight excluding hydrogens is 566 g/mol. The molecule has 0 radical (unpaired) electrons. The Hall–Kier alpha value is -2.75. The Bertz CT molecular complexity index is 1820. The smallest absolute Gasteiger partial charge is 0.358 e. The predicted molar refractivity (Wildman–Crippen MR) is 202 cm³/mol. The summed E-state index contributed by atoms with van der Waals surface area (Å²) >= 11 is 0. The number of hydrogen-bond donors (Lipinski definition) is 0. The third-order valence-corrected chi connectivity index (χ3v) is 8.45. The van der Waals surface area contributed by atoms with Crippen LogP contribution in [0.15, 0.2) is 60.8 Å². The van der Waals surface area contributed by atoms with E-state index >= 15 is 0 Å². The van der Waals surface area contributed by atoms with Gasteiger partial charge in [-0.05, 0) is 144 Å². The standard InChI is InChI=1S/2C13H15N.C12H13N.3CH3.Li.Mg/c2*1-8-5-6-12-10(3)9(2)11(4)14-13(12)7-8;1-8-4-5-11-10(3)9(2)7-13-12(11)6-8;;;;;/h2*5-7H,1-4H3;4-7H,1-3H3;3*1H3;;/q;;;3*-1;+1;+2. The predicted octanol–water partition coefficient (Wildman–Crippen LogP) is 8.07. The van der Waals surface area contributed by atoms with Crippen LogP contribution < -0.4 is 18.9 Å². The minimum Gasteiger partial charge on any atom is -0.358 e. The fraction of sp³-hybridized carbons (Fsp3) is 0.268. The molecule has 0 unspecified atom stereocenters. The molecule has 3 aromatic carbocycles.